The second-order valence-corrected chi connectivity index (χ2v) is 6.07. The summed E-state index contributed by atoms with van der Waals surface area (Å²) in [4.78, 5) is 0. The number of fused-ring (bicyclic) bond motifs is 1. The largest absolute Gasteiger partial charge is 0.380 e. The van der Waals surface area contributed by atoms with Crippen molar-refractivity contribution in [1.82, 2.24) is 0 Å². The van der Waals surface area contributed by atoms with E-state index >= 15 is 0 Å². The minimum Gasteiger partial charge on any atom is -0.380 e. The Hall–Kier alpha value is -0.890. The van der Waals surface area contributed by atoms with Gasteiger partial charge in [0.1, 0.15) is 0 Å². The molecule has 3 rings (SSSR count). The molecule has 98 valence electrons. The first-order valence-electron chi connectivity index (χ1n) is 6.11. The molecule has 0 amide bonds. The number of rotatable bonds is 2. The van der Waals surface area contributed by atoms with Crippen LogP contribution in [0, 0.1) is 0 Å². The van der Waals surface area contributed by atoms with Crippen LogP contribution in [0.1, 0.15) is 11.1 Å². The Balaban J connectivity index is 1.77. The van der Waals surface area contributed by atoms with Crippen molar-refractivity contribution in [3.05, 3.63) is 62.6 Å². The highest BCUT2D eigenvalue weighted by atomic mass is 35.5. The zero-order valence-electron chi connectivity index (χ0n) is 10.1. The van der Waals surface area contributed by atoms with E-state index in [0.29, 0.717) is 16.1 Å². The monoisotopic (exact) mass is 311 g/mol. The second kappa shape index (κ2) is 5.24. The third-order valence-electron chi connectivity index (χ3n) is 3.39. The summed E-state index contributed by atoms with van der Waals surface area (Å²) in [7, 11) is 0. The molecule has 1 nitrogen and oxygen atoms in total. The molecule has 1 N–H and O–H groups in total. The smallest absolute Gasteiger partial charge is 0.0652 e. The lowest BCUT2D eigenvalue weighted by Gasteiger charge is -2.15. The van der Waals surface area contributed by atoms with Crippen molar-refractivity contribution in [3.8, 4) is 0 Å². The van der Waals surface area contributed by atoms with Gasteiger partial charge in [-0.15, -0.1) is 0 Å². The molecular formula is C15H12Cl3N. The summed E-state index contributed by atoms with van der Waals surface area (Å²) in [6.45, 7) is 0. The maximum absolute atomic E-state index is 6.18. The van der Waals surface area contributed by atoms with Gasteiger partial charge in [-0.2, -0.15) is 0 Å². The molecule has 4 heteroatoms. The molecule has 0 fully saturated rings. The fraction of sp³-hybridized carbons (Fsp3) is 0.200. The van der Waals surface area contributed by atoms with E-state index in [1.54, 1.807) is 6.07 Å². The SMILES string of the molecule is Clc1ccc(NC2Cc3ccc(Cl)cc3C2)c(Cl)c1. The maximum Gasteiger partial charge on any atom is 0.0652 e. The van der Waals surface area contributed by atoms with Crippen LogP contribution in [0.15, 0.2) is 36.4 Å². The van der Waals surface area contributed by atoms with E-state index in [1.165, 1.54) is 11.1 Å². The second-order valence-electron chi connectivity index (χ2n) is 4.79. The molecule has 0 saturated carbocycles. The molecule has 1 aliphatic carbocycles. The van der Waals surface area contributed by atoms with Crippen LogP contribution in [0.4, 0.5) is 5.69 Å². The van der Waals surface area contributed by atoms with Crippen LogP contribution in [0.3, 0.4) is 0 Å². The Labute approximate surface area is 127 Å². The van der Waals surface area contributed by atoms with Crippen molar-refractivity contribution in [3.63, 3.8) is 0 Å². The van der Waals surface area contributed by atoms with Gasteiger partial charge in [-0.1, -0.05) is 40.9 Å². The van der Waals surface area contributed by atoms with Gasteiger partial charge >= 0.3 is 0 Å². The van der Waals surface area contributed by atoms with E-state index in [0.717, 1.165) is 23.6 Å². The van der Waals surface area contributed by atoms with E-state index in [1.807, 2.05) is 24.3 Å². The minimum absolute atomic E-state index is 0.354. The zero-order chi connectivity index (χ0) is 13.4. The maximum atomic E-state index is 6.18. The first-order chi connectivity index (χ1) is 9.11. The first kappa shape index (κ1) is 13.1. The van der Waals surface area contributed by atoms with Crippen LogP contribution in [0.25, 0.3) is 0 Å². The highest BCUT2D eigenvalue weighted by Gasteiger charge is 2.21. The van der Waals surface area contributed by atoms with Crippen molar-refractivity contribution in [1.29, 1.82) is 0 Å². The molecule has 0 heterocycles. The standard InChI is InChI=1S/C15H12Cl3N/c16-11-2-1-9-6-13(7-10(9)5-11)19-15-4-3-12(17)8-14(15)18/h1-5,8,13,19H,6-7H2. The van der Waals surface area contributed by atoms with Gasteiger partial charge in [-0.05, 0) is 54.3 Å². The number of halogens is 3. The van der Waals surface area contributed by atoms with E-state index in [4.69, 9.17) is 34.8 Å². The van der Waals surface area contributed by atoms with Crippen LogP contribution in [0.2, 0.25) is 15.1 Å². The predicted molar refractivity (Wildman–Crippen MR) is 82.7 cm³/mol. The van der Waals surface area contributed by atoms with Gasteiger partial charge < -0.3 is 5.32 Å². The topological polar surface area (TPSA) is 12.0 Å². The van der Waals surface area contributed by atoms with Crippen molar-refractivity contribution < 1.29 is 0 Å². The number of benzene rings is 2. The molecule has 19 heavy (non-hydrogen) atoms. The predicted octanol–water partition coefficient (Wildman–Crippen LogP) is 5.23. The van der Waals surface area contributed by atoms with Crippen molar-refractivity contribution in [2.45, 2.75) is 18.9 Å². The lowest BCUT2D eigenvalue weighted by Crippen LogP contribution is -2.19. The molecule has 0 aliphatic heterocycles. The zero-order valence-corrected chi connectivity index (χ0v) is 12.4. The molecule has 1 atom stereocenters. The molecular weight excluding hydrogens is 301 g/mol. The number of anilines is 1. The number of nitrogens with one attached hydrogen (secondary N) is 1. The summed E-state index contributed by atoms with van der Waals surface area (Å²) < 4.78 is 0. The molecule has 0 bridgehead atoms. The summed E-state index contributed by atoms with van der Waals surface area (Å²) in [5.74, 6) is 0. The van der Waals surface area contributed by atoms with Gasteiger partial charge in [0.05, 0.1) is 10.7 Å². The summed E-state index contributed by atoms with van der Waals surface area (Å²) in [5.41, 5.74) is 3.59. The third kappa shape index (κ3) is 2.84. The summed E-state index contributed by atoms with van der Waals surface area (Å²) in [5, 5.41) is 5.57. The molecule has 1 aliphatic rings. The highest BCUT2D eigenvalue weighted by molar-refractivity contribution is 6.36. The average molecular weight is 313 g/mol. The van der Waals surface area contributed by atoms with Crippen LogP contribution in [0.5, 0.6) is 0 Å². The molecule has 0 spiro atoms. The van der Waals surface area contributed by atoms with E-state index < -0.39 is 0 Å². The van der Waals surface area contributed by atoms with Crippen LogP contribution in [-0.2, 0) is 12.8 Å². The van der Waals surface area contributed by atoms with Gasteiger partial charge in [0.15, 0.2) is 0 Å². The molecule has 0 saturated heterocycles. The van der Waals surface area contributed by atoms with Crippen molar-refractivity contribution >= 4 is 40.5 Å². The van der Waals surface area contributed by atoms with E-state index in [2.05, 4.69) is 11.4 Å². The summed E-state index contributed by atoms with van der Waals surface area (Å²) >= 11 is 18.1. The fourth-order valence-electron chi connectivity index (χ4n) is 2.52. The molecule has 2 aromatic carbocycles. The van der Waals surface area contributed by atoms with Gasteiger partial charge in [-0.3, -0.25) is 0 Å². The van der Waals surface area contributed by atoms with Gasteiger partial charge in [-0.25, -0.2) is 0 Å². The molecule has 0 radical (unpaired) electrons. The Bertz CT molecular complexity index is 625. The third-order valence-corrected chi connectivity index (χ3v) is 4.17. The van der Waals surface area contributed by atoms with Crippen molar-refractivity contribution in [2.75, 3.05) is 5.32 Å². The average Bonchev–Trinajstić information content (AvgIpc) is 2.74. The molecule has 1 unspecified atom stereocenters. The minimum atomic E-state index is 0.354. The Kier molecular flexibility index (Phi) is 3.62. The highest BCUT2D eigenvalue weighted by Crippen LogP contribution is 2.30. The lowest BCUT2D eigenvalue weighted by atomic mass is 10.1. The van der Waals surface area contributed by atoms with E-state index in [-0.39, 0.29) is 0 Å². The van der Waals surface area contributed by atoms with Gasteiger partial charge in [0.25, 0.3) is 0 Å². The number of hydrogen-bond acceptors (Lipinski definition) is 1. The normalized spacial score (nSPS) is 17.3. The van der Waals surface area contributed by atoms with Crippen LogP contribution in [-0.4, -0.2) is 6.04 Å². The van der Waals surface area contributed by atoms with E-state index in [9.17, 15) is 0 Å². The van der Waals surface area contributed by atoms with Gasteiger partial charge in [0.2, 0.25) is 0 Å². The quantitative estimate of drug-likeness (QED) is 0.801. The van der Waals surface area contributed by atoms with Gasteiger partial charge in [0, 0.05) is 16.1 Å². The Morgan fingerprint density at radius 1 is 0.842 bits per heavy atom. The fourth-order valence-corrected chi connectivity index (χ4v) is 3.17. The summed E-state index contributed by atoms with van der Waals surface area (Å²) in [6, 6.07) is 12.0. The summed E-state index contributed by atoms with van der Waals surface area (Å²) in [6.07, 6.45) is 1.96. The number of hydrogen-bond donors (Lipinski definition) is 1. The van der Waals surface area contributed by atoms with Crippen LogP contribution >= 0.6 is 34.8 Å². The Morgan fingerprint density at radius 2 is 1.53 bits per heavy atom. The molecule has 2 aromatic rings. The van der Waals surface area contributed by atoms with Crippen LogP contribution < -0.4 is 5.32 Å². The Morgan fingerprint density at radius 3 is 2.32 bits per heavy atom. The first-order valence-corrected chi connectivity index (χ1v) is 7.24. The van der Waals surface area contributed by atoms with Crippen molar-refractivity contribution in [2.24, 2.45) is 0 Å². The lowest BCUT2D eigenvalue weighted by molar-refractivity contribution is 0.774. The molecule has 0 aromatic heterocycles.